The lowest BCUT2D eigenvalue weighted by atomic mass is 9.78. The molecule has 1 saturated heterocycles. The van der Waals surface area contributed by atoms with Crippen molar-refractivity contribution in [1.82, 2.24) is 4.90 Å². The summed E-state index contributed by atoms with van der Waals surface area (Å²) in [6.07, 6.45) is 5.76. The van der Waals surface area contributed by atoms with E-state index in [4.69, 9.17) is 10.5 Å². The van der Waals surface area contributed by atoms with E-state index >= 15 is 0 Å². The van der Waals surface area contributed by atoms with Crippen molar-refractivity contribution in [2.45, 2.75) is 25.7 Å². The first kappa shape index (κ1) is 11.8. The summed E-state index contributed by atoms with van der Waals surface area (Å²) in [5.74, 6) is 0.881. The van der Waals surface area contributed by atoms with E-state index in [2.05, 4.69) is 4.90 Å². The average molecular weight is 246 g/mol. The van der Waals surface area contributed by atoms with Crippen molar-refractivity contribution < 1.29 is 4.74 Å². The summed E-state index contributed by atoms with van der Waals surface area (Å²) < 4.78 is 5.72. The zero-order chi connectivity index (χ0) is 12.4. The molecule has 0 amide bonds. The number of hydrogen-bond acceptors (Lipinski definition) is 3. The van der Waals surface area contributed by atoms with E-state index in [0.29, 0.717) is 5.41 Å². The van der Waals surface area contributed by atoms with Crippen molar-refractivity contribution in [3.63, 3.8) is 0 Å². The molecule has 1 saturated carbocycles. The first-order valence-corrected chi connectivity index (χ1v) is 6.97. The Bertz CT molecular complexity index is 405. The highest BCUT2D eigenvalue weighted by Crippen LogP contribution is 2.45. The van der Waals surface area contributed by atoms with Gasteiger partial charge in [-0.25, -0.2) is 0 Å². The molecule has 1 aliphatic carbocycles. The predicted octanol–water partition coefficient (Wildman–Crippen LogP) is 2.52. The van der Waals surface area contributed by atoms with Crippen LogP contribution in [-0.4, -0.2) is 31.1 Å². The van der Waals surface area contributed by atoms with E-state index in [-0.39, 0.29) is 0 Å². The predicted molar refractivity (Wildman–Crippen MR) is 73.7 cm³/mol. The molecule has 0 unspecified atom stereocenters. The molecule has 2 N–H and O–H groups in total. The van der Waals surface area contributed by atoms with E-state index in [1.54, 1.807) is 0 Å². The lowest BCUT2D eigenvalue weighted by Crippen LogP contribution is -2.55. The second-order valence-electron chi connectivity index (χ2n) is 5.84. The second kappa shape index (κ2) is 4.81. The fraction of sp³-hybridized carbons (Fsp3) is 0.600. The van der Waals surface area contributed by atoms with Crippen molar-refractivity contribution in [2.24, 2.45) is 5.41 Å². The van der Waals surface area contributed by atoms with Gasteiger partial charge in [0, 0.05) is 31.4 Å². The summed E-state index contributed by atoms with van der Waals surface area (Å²) in [7, 11) is 0. The van der Waals surface area contributed by atoms with Gasteiger partial charge < -0.3 is 10.5 Å². The minimum atomic E-state index is 0.692. The lowest BCUT2D eigenvalue weighted by molar-refractivity contribution is -0.00164. The van der Waals surface area contributed by atoms with Crippen LogP contribution in [0.2, 0.25) is 0 Å². The van der Waals surface area contributed by atoms with Crippen molar-refractivity contribution in [3.05, 3.63) is 24.3 Å². The smallest absolute Gasteiger partial charge is 0.121 e. The monoisotopic (exact) mass is 246 g/mol. The molecule has 0 radical (unpaired) electrons. The zero-order valence-corrected chi connectivity index (χ0v) is 10.9. The minimum absolute atomic E-state index is 0.692. The van der Waals surface area contributed by atoms with Crippen molar-refractivity contribution in [3.8, 4) is 5.75 Å². The number of nitrogens with zero attached hydrogens (tertiary/aromatic N) is 1. The van der Waals surface area contributed by atoms with Gasteiger partial charge >= 0.3 is 0 Å². The average Bonchev–Trinajstić information content (AvgIpc) is 2.77. The Kier molecular flexibility index (Phi) is 3.16. The summed E-state index contributed by atoms with van der Waals surface area (Å²) in [6, 6.07) is 7.66. The Morgan fingerprint density at radius 3 is 2.72 bits per heavy atom. The van der Waals surface area contributed by atoms with Crippen molar-refractivity contribution in [1.29, 1.82) is 0 Å². The van der Waals surface area contributed by atoms with Gasteiger partial charge in [-0.1, -0.05) is 18.9 Å². The maximum atomic E-state index is 5.72. The van der Waals surface area contributed by atoms with Gasteiger partial charge in [0.05, 0.1) is 0 Å². The second-order valence-corrected chi connectivity index (χ2v) is 5.84. The molecule has 98 valence electrons. The van der Waals surface area contributed by atoms with Crippen LogP contribution in [0.25, 0.3) is 0 Å². The number of ether oxygens (including phenoxy) is 1. The normalized spacial score (nSPS) is 22.0. The van der Waals surface area contributed by atoms with Gasteiger partial charge in [0.15, 0.2) is 0 Å². The molecule has 2 aliphatic rings. The molecule has 18 heavy (non-hydrogen) atoms. The summed E-state index contributed by atoms with van der Waals surface area (Å²) in [5.41, 5.74) is 7.17. The first-order chi connectivity index (χ1) is 8.76. The van der Waals surface area contributed by atoms with Crippen LogP contribution in [0.3, 0.4) is 0 Å². The summed E-state index contributed by atoms with van der Waals surface area (Å²) in [5, 5.41) is 0. The van der Waals surface area contributed by atoms with Gasteiger partial charge in [-0.2, -0.15) is 0 Å². The van der Waals surface area contributed by atoms with Crippen LogP contribution < -0.4 is 10.5 Å². The van der Waals surface area contributed by atoms with Gasteiger partial charge in [0.1, 0.15) is 12.4 Å². The number of hydrogen-bond donors (Lipinski definition) is 1. The van der Waals surface area contributed by atoms with Crippen molar-refractivity contribution in [2.75, 3.05) is 32.0 Å². The molecule has 0 aromatic heterocycles. The van der Waals surface area contributed by atoms with Gasteiger partial charge in [-0.15, -0.1) is 0 Å². The SMILES string of the molecule is Nc1cccc(OCCN2CC3(CCCC3)C2)c1. The molecule has 0 atom stereocenters. The Morgan fingerprint density at radius 2 is 2.00 bits per heavy atom. The molecule has 3 nitrogen and oxygen atoms in total. The number of nitrogen functional groups attached to an aromatic ring is 1. The van der Waals surface area contributed by atoms with E-state index in [1.807, 2.05) is 24.3 Å². The van der Waals surface area contributed by atoms with Gasteiger partial charge in [0.2, 0.25) is 0 Å². The third kappa shape index (κ3) is 2.46. The third-order valence-electron chi connectivity index (χ3n) is 4.32. The Hall–Kier alpha value is -1.22. The quantitative estimate of drug-likeness (QED) is 0.830. The van der Waals surface area contributed by atoms with Crippen LogP contribution in [0.4, 0.5) is 5.69 Å². The van der Waals surface area contributed by atoms with E-state index in [9.17, 15) is 0 Å². The standard InChI is InChI=1S/C15H22N2O/c16-13-4-3-5-14(10-13)18-9-8-17-11-15(12-17)6-1-2-7-15/h3-5,10H,1-2,6-9,11-12,16H2. The molecule has 1 heterocycles. The summed E-state index contributed by atoms with van der Waals surface area (Å²) in [4.78, 5) is 2.51. The van der Waals surface area contributed by atoms with Crippen LogP contribution >= 0.6 is 0 Å². The highest BCUT2D eigenvalue weighted by molar-refractivity contribution is 5.43. The fourth-order valence-electron chi connectivity index (χ4n) is 3.40. The number of nitrogens with two attached hydrogens (primary N) is 1. The maximum absolute atomic E-state index is 5.72. The van der Waals surface area contributed by atoms with Crippen LogP contribution in [0.1, 0.15) is 25.7 Å². The molecule has 3 heteroatoms. The Balaban J connectivity index is 1.39. The van der Waals surface area contributed by atoms with Crippen LogP contribution in [0.5, 0.6) is 5.75 Å². The number of rotatable bonds is 4. The zero-order valence-electron chi connectivity index (χ0n) is 10.9. The Labute approximate surface area is 109 Å². The molecular formula is C15H22N2O. The van der Waals surface area contributed by atoms with Crippen molar-refractivity contribution >= 4 is 5.69 Å². The van der Waals surface area contributed by atoms with Crippen LogP contribution in [0, 0.1) is 5.41 Å². The topological polar surface area (TPSA) is 38.5 Å². The molecule has 3 rings (SSSR count). The van der Waals surface area contributed by atoms with Crippen LogP contribution in [0.15, 0.2) is 24.3 Å². The summed E-state index contributed by atoms with van der Waals surface area (Å²) in [6.45, 7) is 4.37. The number of likely N-dealkylation sites (tertiary alicyclic amines) is 1. The maximum Gasteiger partial charge on any atom is 0.121 e. The van der Waals surface area contributed by atoms with E-state index < -0.39 is 0 Å². The van der Waals surface area contributed by atoms with Gasteiger partial charge in [-0.3, -0.25) is 4.90 Å². The molecule has 2 fully saturated rings. The first-order valence-electron chi connectivity index (χ1n) is 6.97. The molecule has 1 aromatic carbocycles. The molecule has 0 bridgehead atoms. The molecular weight excluding hydrogens is 224 g/mol. The highest BCUT2D eigenvalue weighted by Gasteiger charge is 2.44. The van der Waals surface area contributed by atoms with Crippen LogP contribution in [-0.2, 0) is 0 Å². The molecule has 1 spiro atoms. The molecule has 1 aromatic rings. The van der Waals surface area contributed by atoms with E-state index in [0.717, 1.165) is 24.6 Å². The Morgan fingerprint density at radius 1 is 1.22 bits per heavy atom. The minimum Gasteiger partial charge on any atom is -0.492 e. The lowest BCUT2D eigenvalue weighted by Gasteiger charge is -2.48. The van der Waals surface area contributed by atoms with Gasteiger partial charge in [0.25, 0.3) is 0 Å². The number of benzene rings is 1. The van der Waals surface area contributed by atoms with E-state index in [1.165, 1.54) is 38.8 Å². The number of anilines is 1. The third-order valence-corrected chi connectivity index (χ3v) is 4.32. The highest BCUT2D eigenvalue weighted by atomic mass is 16.5. The molecule has 1 aliphatic heterocycles. The summed E-state index contributed by atoms with van der Waals surface area (Å²) >= 11 is 0. The largest absolute Gasteiger partial charge is 0.492 e. The van der Waals surface area contributed by atoms with Gasteiger partial charge in [-0.05, 0) is 30.4 Å². The fourth-order valence-corrected chi connectivity index (χ4v) is 3.40.